The van der Waals surface area contributed by atoms with Gasteiger partial charge in [0.25, 0.3) is 0 Å². The summed E-state index contributed by atoms with van der Waals surface area (Å²) < 4.78 is 0. The smallest absolute Gasteiger partial charge is 0.0215 e. The van der Waals surface area contributed by atoms with E-state index in [1.165, 1.54) is 25.8 Å². The second kappa shape index (κ2) is 3.18. The van der Waals surface area contributed by atoms with E-state index in [0.29, 0.717) is 6.04 Å². The highest BCUT2D eigenvalue weighted by molar-refractivity contribution is 4.73. The standard InChI is InChI=1S/C7H16N2/c1-9-5-3-2-4-7(9)6-8/h7H,2-6,8H2,1H3. The molecule has 1 aliphatic heterocycles. The van der Waals surface area contributed by atoms with Crippen molar-refractivity contribution in [2.45, 2.75) is 25.3 Å². The Labute approximate surface area is 57.0 Å². The third-order valence-corrected chi connectivity index (χ3v) is 2.19. The SMILES string of the molecule is CN1CCCCC1CN. The van der Waals surface area contributed by atoms with Gasteiger partial charge in [0.1, 0.15) is 0 Å². The largest absolute Gasteiger partial charge is 0.329 e. The van der Waals surface area contributed by atoms with Crippen LogP contribution in [0.3, 0.4) is 0 Å². The minimum absolute atomic E-state index is 0.666. The summed E-state index contributed by atoms with van der Waals surface area (Å²) in [6.45, 7) is 2.07. The van der Waals surface area contributed by atoms with Crippen molar-refractivity contribution < 1.29 is 0 Å². The average Bonchev–Trinajstić information content (AvgIpc) is 1.89. The quantitative estimate of drug-likeness (QED) is 0.555. The first kappa shape index (κ1) is 7.03. The van der Waals surface area contributed by atoms with Crippen molar-refractivity contribution >= 4 is 0 Å². The molecule has 1 unspecified atom stereocenters. The predicted molar refractivity (Wildman–Crippen MR) is 39.3 cm³/mol. The van der Waals surface area contributed by atoms with E-state index >= 15 is 0 Å². The van der Waals surface area contributed by atoms with Gasteiger partial charge < -0.3 is 10.6 Å². The van der Waals surface area contributed by atoms with Crippen LogP contribution in [0.1, 0.15) is 19.3 Å². The van der Waals surface area contributed by atoms with Crippen molar-refractivity contribution in [3.63, 3.8) is 0 Å². The number of nitrogens with two attached hydrogens (primary N) is 1. The van der Waals surface area contributed by atoms with Crippen molar-refractivity contribution in [1.82, 2.24) is 4.90 Å². The van der Waals surface area contributed by atoms with Gasteiger partial charge in [-0.25, -0.2) is 0 Å². The van der Waals surface area contributed by atoms with Crippen molar-refractivity contribution in [3.8, 4) is 0 Å². The van der Waals surface area contributed by atoms with Crippen LogP contribution >= 0.6 is 0 Å². The molecule has 0 aromatic heterocycles. The Hall–Kier alpha value is -0.0800. The van der Waals surface area contributed by atoms with E-state index in [4.69, 9.17) is 5.73 Å². The monoisotopic (exact) mass is 128 g/mol. The molecule has 2 nitrogen and oxygen atoms in total. The van der Waals surface area contributed by atoms with Gasteiger partial charge in [0, 0.05) is 12.6 Å². The van der Waals surface area contributed by atoms with E-state index in [1.54, 1.807) is 0 Å². The minimum Gasteiger partial charge on any atom is -0.329 e. The molecule has 0 saturated carbocycles. The van der Waals surface area contributed by atoms with E-state index in [0.717, 1.165) is 6.54 Å². The summed E-state index contributed by atoms with van der Waals surface area (Å²) in [4.78, 5) is 2.36. The van der Waals surface area contributed by atoms with E-state index < -0.39 is 0 Å². The molecular weight excluding hydrogens is 112 g/mol. The fourth-order valence-corrected chi connectivity index (χ4v) is 1.44. The maximum atomic E-state index is 5.55. The number of likely N-dealkylation sites (tertiary alicyclic amines) is 1. The highest BCUT2D eigenvalue weighted by Crippen LogP contribution is 2.12. The number of nitrogens with zero attached hydrogens (tertiary/aromatic N) is 1. The molecule has 0 aromatic carbocycles. The molecule has 9 heavy (non-hydrogen) atoms. The molecular formula is C7H16N2. The lowest BCUT2D eigenvalue weighted by Crippen LogP contribution is -2.41. The van der Waals surface area contributed by atoms with Gasteiger partial charge in [-0.2, -0.15) is 0 Å². The van der Waals surface area contributed by atoms with Crippen LogP contribution in [-0.2, 0) is 0 Å². The molecule has 0 bridgehead atoms. The molecule has 1 fully saturated rings. The molecule has 0 aliphatic carbocycles. The molecule has 1 heterocycles. The Balaban J connectivity index is 2.30. The van der Waals surface area contributed by atoms with Crippen LogP contribution in [-0.4, -0.2) is 31.1 Å². The molecule has 0 aromatic rings. The van der Waals surface area contributed by atoms with Crippen LogP contribution in [0.5, 0.6) is 0 Å². The van der Waals surface area contributed by atoms with Gasteiger partial charge >= 0.3 is 0 Å². The van der Waals surface area contributed by atoms with Gasteiger partial charge in [-0.3, -0.25) is 0 Å². The van der Waals surface area contributed by atoms with Crippen LogP contribution in [0, 0.1) is 0 Å². The fourth-order valence-electron chi connectivity index (χ4n) is 1.44. The molecule has 1 atom stereocenters. The maximum absolute atomic E-state index is 5.55. The van der Waals surface area contributed by atoms with E-state index in [9.17, 15) is 0 Å². The van der Waals surface area contributed by atoms with Crippen LogP contribution in [0.15, 0.2) is 0 Å². The first-order valence-corrected chi connectivity index (χ1v) is 3.75. The Kier molecular flexibility index (Phi) is 2.49. The third kappa shape index (κ3) is 1.66. The summed E-state index contributed by atoms with van der Waals surface area (Å²) in [6, 6.07) is 0.666. The Morgan fingerprint density at radius 2 is 2.33 bits per heavy atom. The summed E-state index contributed by atoms with van der Waals surface area (Å²) >= 11 is 0. The number of hydrogen-bond acceptors (Lipinski definition) is 2. The predicted octanol–water partition coefficient (Wildman–Crippen LogP) is 0.429. The number of piperidine rings is 1. The maximum Gasteiger partial charge on any atom is 0.0215 e. The number of hydrogen-bond donors (Lipinski definition) is 1. The van der Waals surface area contributed by atoms with Gasteiger partial charge in [0.15, 0.2) is 0 Å². The van der Waals surface area contributed by atoms with Crippen LogP contribution < -0.4 is 5.73 Å². The Morgan fingerprint density at radius 1 is 1.56 bits per heavy atom. The summed E-state index contributed by atoms with van der Waals surface area (Å²) in [5.41, 5.74) is 5.55. The van der Waals surface area contributed by atoms with Crippen LogP contribution in [0.4, 0.5) is 0 Å². The molecule has 1 aliphatic rings. The molecule has 2 N–H and O–H groups in total. The first-order valence-electron chi connectivity index (χ1n) is 3.75. The van der Waals surface area contributed by atoms with Crippen molar-refractivity contribution in [2.75, 3.05) is 20.1 Å². The highest BCUT2D eigenvalue weighted by atomic mass is 15.1. The highest BCUT2D eigenvalue weighted by Gasteiger charge is 2.15. The van der Waals surface area contributed by atoms with Crippen LogP contribution in [0.25, 0.3) is 0 Å². The van der Waals surface area contributed by atoms with Gasteiger partial charge in [-0.15, -0.1) is 0 Å². The first-order chi connectivity index (χ1) is 4.34. The van der Waals surface area contributed by atoms with Crippen LogP contribution in [0.2, 0.25) is 0 Å². The lowest BCUT2D eigenvalue weighted by Gasteiger charge is -2.31. The Bertz CT molecular complexity index is 83.0. The van der Waals surface area contributed by atoms with Gasteiger partial charge in [-0.1, -0.05) is 6.42 Å². The second-order valence-electron chi connectivity index (χ2n) is 2.87. The van der Waals surface area contributed by atoms with Crippen molar-refractivity contribution in [1.29, 1.82) is 0 Å². The molecule has 54 valence electrons. The average molecular weight is 128 g/mol. The van der Waals surface area contributed by atoms with E-state index in [1.807, 2.05) is 0 Å². The topological polar surface area (TPSA) is 29.3 Å². The molecule has 0 amide bonds. The minimum atomic E-state index is 0.666. The summed E-state index contributed by atoms with van der Waals surface area (Å²) in [5.74, 6) is 0. The Morgan fingerprint density at radius 3 is 2.78 bits per heavy atom. The molecule has 1 saturated heterocycles. The summed E-state index contributed by atoms with van der Waals surface area (Å²) in [6.07, 6.45) is 4.02. The zero-order chi connectivity index (χ0) is 6.69. The summed E-state index contributed by atoms with van der Waals surface area (Å²) in [5, 5.41) is 0. The fraction of sp³-hybridized carbons (Fsp3) is 1.00. The van der Waals surface area contributed by atoms with Crippen molar-refractivity contribution in [3.05, 3.63) is 0 Å². The second-order valence-corrected chi connectivity index (χ2v) is 2.87. The lowest BCUT2D eigenvalue weighted by atomic mass is 10.0. The normalized spacial score (nSPS) is 30.7. The third-order valence-electron chi connectivity index (χ3n) is 2.19. The summed E-state index contributed by atoms with van der Waals surface area (Å²) in [7, 11) is 2.16. The zero-order valence-electron chi connectivity index (χ0n) is 6.14. The molecule has 0 spiro atoms. The van der Waals surface area contributed by atoms with E-state index in [-0.39, 0.29) is 0 Å². The van der Waals surface area contributed by atoms with E-state index in [2.05, 4.69) is 11.9 Å². The van der Waals surface area contributed by atoms with Gasteiger partial charge in [-0.05, 0) is 26.4 Å². The number of rotatable bonds is 1. The lowest BCUT2D eigenvalue weighted by molar-refractivity contribution is 0.191. The number of likely N-dealkylation sites (N-methyl/N-ethyl adjacent to an activating group) is 1. The molecule has 1 rings (SSSR count). The molecule has 0 radical (unpaired) electrons. The van der Waals surface area contributed by atoms with Gasteiger partial charge in [0.05, 0.1) is 0 Å². The zero-order valence-corrected chi connectivity index (χ0v) is 6.14. The molecule has 2 heteroatoms. The van der Waals surface area contributed by atoms with Gasteiger partial charge in [0.2, 0.25) is 0 Å². The van der Waals surface area contributed by atoms with Crippen molar-refractivity contribution in [2.24, 2.45) is 5.73 Å².